The van der Waals surface area contributed by atoms with Crippen LogP contribution in [0.3, 0.4) is 0 Å². The van der Waals surface area contributed by atoms with E-state index in [1.807, 2.05) is 53.3 Å². The number of hydrogen-bond acceptors (Lipinski definition) is 3. The fourth-order valence-electron chi connectivity index (χ4n) is 2.44. The minimum absolute atomic E-state index is 0.0924. The number of hydrogen-bond donors (Lipinski definition) is 1. The molecule has 3 rings (SSSR count). The molecule has 0 radical (unpaired) electrons. The summed E-state index contributed by atoms with van der Waals surface area (Å²) < 4.78 is 8.03. The SMILES string of the molecule is COc1ccc(CC(N)c2cnn3ccccc23)cc1Br. The molecule has 3 aromatic rings. The number of nitrogens with two attached hydrogens (primary N) is 1. The highest BCUT2D eigenvalue weighted by Gasteiger charge is 2.13. The van der Waals surface area contributed by atoms with Crippen LogP contribution in [0.25, 0.3) is 5.52 Å². The van der Waals surface area contributed by atoms with Gasteiger partial charge in [0, 0.05) is 17.8 Å². The fraction of sp³-hybridized carbons (Fsp3) is 0.188. The zero-order valence-corrected chi connectivity index (χ0v) is 13.2. The van der Waals surface area contributed by atoms with Gasteiger partial charge in [-0.15, -0.1) is 0 Å². The molecule has 0 aliphatic carbocycles. The number of benzene rings is 1. The Morgan fingerprint density at radius 1 is 1.33 bits per heavy atom. The number of methoxy groups -OCH3 is 1. The van der Waals surface area contributed by atoms with E-state index in [1.165, 1.54) is 0 Å². The van der Waals surface area contributed by atoms with Crippen LogP contribution in [0, 0.1) is 0 Å². The molecule has 108 valence electrons. The first-order chi connectivity index (χ1) is 10.2. The van der Waals surface area contributed by atoms with Gasteiger partial charge in [0.1, 0.15) is 5.75 Å². The zero-order chi connectivity index (χ0) is 14.8. The second kappa shape index (κ2) is 5.87. The summed E-state index contributed by atoms with van der Waals surface area (Å²) in [5.41, 5.74) is 9.63. The molecule has 1 atom stereocenters. The van der Waals surface area contributed by atoms with Gasteiger partial charge in [-0.1, -0.05) is 12.1 Å². The minimum Gasteiger partial charge on any atom is -0.496 e. The average Bonchev–Trinajstić information content (AvgIpc) is 2.91. The van der Waals surface area contributed by atoms with Crippen molar-refractivity contribution in [3.8, 4) is 5.75 Å². The zero-order valence-electron chi connectivity index (χ0n) is 11.7. The first-order valence-electron chi connectivity index (χ1n) is 6.69. The fourth-order valence-corrected chi connectivity index (χ4v) is 3.03. The van der Waals surface area contributed by atoms with Gasteiger partial charge in [0.05, 0.1) is 23.3 Å². The van der Waals surface area contributed by atoms with Crippen molar-refractivity contribution in [2.45, 2.75) is 12.5 Å². The highest BCUT2D eigenvalue weighted by molar-refractivity contribution is 9.10. The molecule has 0 spiro atoms. The Morgan fingerprint density at radius 2 is 2.19 bits per heavy atom. The first-order valence-corrected chi connectivity index (χ1v) is 7.48. The summed E-state index contributed by atoms with van der Waals surface area (Å²) >= 11 is 3.50. The maximum absolute atomic E-state index is 6.36. The Hall–Kier alpha value is -1.85. The minimum atomic E-state index is -0.0924. The van der Waals surface area contributed by atoms with Crippen molar-refractivity contribution >= 4 is 21.4 Å². The van der Waals surface area contributed by atoms with Gasteiger partial charge in [-0.3, -0.25) is 0 Å². The average molecular weight is 346 g/mol. The predicted molar refractivity (Wildman–Crippen MR) is 86.5 cm³/mol. The van der Waals surface area contributed by atoms with E-state index in [1.54, 1.807) is 7.11 Å². The van der Waals surface area contributed by atoms with Crippen molar-refractivity contribution in [1.29, 1.82) is 0 Å². The van der Waals surface area contributed by atoms with Crippen LogP contribution in [0.4, 0.5) is 0 Å². The van der Waals surface area contributed by atoms with E-state index in [9.17, 15) is 0 Å². The highest BCUT2D eigenvalue weighted by atomic mass is 79.9. The van der Waals surface area contributed by atoms with Gasteiger partial charge in [0.15, 0.2) is 0 Å². The maximum Gasteiger partial charge on any atom is 0.133 e. The summed E-state index contributed by atoms with van der Waals surface area (Å²) in [6.45, 7) is 0. The number of nitrogens with zero attached hydrogens (tertiary/aromatic N) is 2. The number of ether oxygens (including phenoxy) is 1. The lowest BCUT2D eigenvalue weighted by molar-refractivity contribution is 0.412. The molecule has 0 aliphatic heterocycles. The van der Waals surface area contributed by atoms with Gasteiger partial charge in [-0.25, -0.2) is 4.52 Å². The number of rotatable bonds is 4. The number of fused-ring (bicyclic) bond motifs is 1. The molecule has 5 heteroatoms. The van der Waals surface area contributed by atoms with Crippen molar-refractivity contribution < 1.29 is 4.74 Å². The molecule has 0 amide bonds. The highest BCUT2D eigenvalue weighted by Crippen LogP contribution is 2.28. The summed E-state index contributed by atoms with van der Waals surface area (Å²) in [4.78, 5) is 0. The third-order valence-electron chi connectivity index (χ3n) is 3.53. The van der Waals surface area contributed by atoms with Crippen molar-refractivity contribution in [2.75, 3.05) is 7.11 Å². The van der Waals surface area contributed by atoms with Crippen molar-refractivity contribution in [1.82, 2.24) is 9.61 Å². The van der Waals surface area contributed by atoms with E-state index < -0.39 is 0 Å². The second-order valence-corrected chi connectivity index (χ2v) is 5.76. The van der Waals surface area contributed by atoms with Gasteiger partial charge in [-0.05, 0) is 52.2 Å². The largest absolute Gasteiger partial charge is 0.496 e. The molecule has 0 fully saturated rings. The number of aromatic nitrogens is 2. The van der Waals surface area contributed by atoms with E-state index in [0.717, 1.165) is 33.3 Å². The number of halogens is 1. The molecular formula is C16H16BrN3O. The van der Waals surface area contributed by atoms with Crippen LogP contribution in [0.2, 0.25) is 0 Å². The molecule has 0 saturated heterocycles. The van der Waals surface area contributed by atoms with Crippen LogP contribution in [-0.4, -0.2) is 16.7 Å². The van der Waals surface area contributed by atoms with Gasteiger partial charge in [0.2, 0.25) is 0 Å². The van der Waals surface area contributed by atoms with Gasteiger partial charge in [-0.2, -0.15) is 5.10 Å². The Morgan fingerprint density at radius 3 is 2.95 bits per heavy atom. The van der Waals surface area contributed by atoms with E-state index in [2.05, 4.69) is 21.0 Å². The van der Waals surface area contributed by atoms with E-state index in [-0.39, 0.29) is 6.04 Å². The molecule has 21 heavy (non-hydrogen) atoms. The molecule has 1 aromatic carbocycles. The van der Waals surface area contributed by atoms with Gasteiger partial charge in [0.25, 0.3) is 0 Å². The van der Waals surface area contributed by atoms with Crippen LogP contribution < -0.4 is 10.5 Å². The lowest BCUT2D eigenvalue weighted by Crippen LogP contribution is -2.13. The molecule has 2 N–H and O–H groups in total. The third-order valence-corrected chi connectivity index (χ3v) is 4.15. The maximum atomic E-state index is 6.36. The van der Waals surface area contributed by atoms with Crippen LogP contribution in [-0.2, 0) is 6.42 Å². The van der Waals surface area contributed by atoms with Crippen LogP contribution in [0.1, 0.15) is 17.2 Å². The monoisotopic (exact) mass is 345 g/mol. The smallest absolute Gasteiger partial charge is 0.133 e. The standard InChI is InChI=1S/C16H16BrN3O/c1-21-16-6-5-11(8-13(16)17)9-14(18)12-10-19-20-7-3-2-4-15(12)20/h2-8,10,14H,9,18H2,1H3. The predicted octanol–water partition coefficient (Wildman–Crippen LogP) is 3.35. The lowest BCUT2D eigenvalue weighted by Gasteiger charge is -2.12. The Labute approximate surface area is 131 Å². The van der Waals surface area contributed by atoms with Crippen molar-refractivity contribution in [3.05, 3.63) is 64.4 Å². The van der Waals surface area contributed by atoms with E-state index in [4.69, 9.17) is 10.5 Å². The summed E-state index contributed by atoms with van der Waals surface area (Å²) in [5.74, 6) is 0.823. The quantitative estimate of drug-likeness (QED) is 0.788. The summed E-state index contributed by atoms with van der Waals surface area (Å²) in [6.07, 6.45) is 4.52. The van der Waals surface area contributed by atoms with E-state index in [0.29, 0.717) is 0 Å². The molecular weight excluding hydrogens is 330 g/mol. The molecule has 1 unspecified atom stereocenters. The number of pyridine rings is 1. The summed E-state index contributed by atoms with van der Waals surface area (Å²) in [7, 11) is 1.66. The Kier molecular flexibility index (Phi) is 3.94. The molecule has 0 aliphatic rings. The summed E-state index contributed by atoms with van der Waals surface area (Å²) in [6, 6.07) is 11.9. The first kappa shape index (κ1) is 14.1. The van der Waals surface area contributed by atoms with Crippen LogP contribution in [0.15, 0.2) is 53.3 Å². The molecule has 2 heterocycles. The van der Waals surface area contributed by atoms with E-state index >= 15 is 0 Å². The van der Waals surface area contributed by atoms with Gasteiger partial charge >= 0.3 is 0 Å². The molecule has 0 bridgehead atoms. The van der Waals surface area contributed by atoms with Gasteiger partial charge < -0.3 is 10.5 Å². The second-order valence-electron chi connectivity index (χ2n) is 4.91. The normalized spacial score (nSPS) is 12.5. The van der Waals surface area contributed by atoms with Crippen molar-refractivity contribution in [2.24, 2.45) is 5.73 Å². The third kappa shape index (κ3) is 2.80. The Bertz CT molecular complexity index is 769. The molecule has 2 aromatic heterocycles. The van der Waals surface area contributed by atoms with Crippen LogP contribution in [0.5, 0.6) is 5.75 Å². The topological polar surface area (TPSA) is 52.5 Å². The lowest BCUT2D eigenvalue weighted by atomic mass is 10.0. The van der Waals surface area contributed by atoms with Crippen molar-refractivity contribution in [3.63, 3.8) is 0 Å². The molecule has 0 saturated carbocycles. The molecule has 4 nitrogen and oxygen atoms in total. The Balaban J connectivity index is 1.86. The van der Waals surface area contributed by atoms with Crippen LogP contribution >= 0.6 is 15.9 Å². The summed E-state index contributed by atoms with van der Waals surface area (Å²) in [5, 5.41) is 4.33.